The maximum atomic E-state index is 11.9. The van der Waals surface area contributed by atoms with Crippen LogP contribution >= 0.6 is 35.2 Å². The number of carbonyl (C=O) groups excluding carboxylic acids is 1. The Labute approximate surface area is 126 Å². The SMILES string of the molecule is O=C(OCc1ccccc1)N1CC(S)C(CI)C1. The van der Waals surface area contributed by atoms with Crippen LogP contribution in [0.1, 0.15) is 5.56 Å². The van der Waals surface area contributed by atoms with Gasteiger partial charge in [-0.05, 0) is 11.5 Å². The van der Waals surface area contributed by atoms with Crippen molar-refractivity contribution in [1.82, 2.24) is 4.90 Å². The number of halogens is 1. The second-order valence-corrected chi connectivity index (χ2v) is 5.97. The van der Waals surface area contributed by atoms with Gasteiger partial charge in [-0.15, -0.1) is 0 Å². The molecule has 0 aromatic heterocycles. The number of carbonyl (C=O) groups is 1. The van der Waals surface area contributed by atoms with E-state index >= 15 is 0 Å². The molecule has 0 spiro atoms. The molecule has 1 aromatic carbocycles. The number of alkyl halides is 1. The average molecular weight is 377 g/mol. The lowest BCUT2D eigenvalue weighted by Gasteiger charge is -2.15. The summed E-state index contributed by atoms with van der Waals surface area (Å²) in [5, 5.41) is 0.270. The molecule has 2 atom stereocenters. The van der Waals surface area contributed by atoms with Gasteiger partial charge in [0.2, 0.25) is 0 Å². The van der Waals surface area contributed by atoms with Gasteiger partial charge in [0.25, 0.3) is 0 Å². The largest absolute Gasteiger partial charge is 0.445 e. The summed E-state index contributed by atoms with van der Waals surface area (Å²) in [5.74, 6) is 0.471. The van der Waals surface area contributed by atoms with Crippen LogP contribution in [0, 0.1) is 5.92 Å². The normalized spacial score (nSPS) is 23.1. The van der Waals surface area contributed by atoms with Crippen molar-refractivity contribution in [3.8, 4) is 0 Å². The zero-order valence-electron chi connectivity index (χ0n) is 9.96. The minimum atomic E-state index is -0.231. The summed E-state index contributed by atoms with van der Waals surface area (Å²) < 4.78 is 6.33. The van der Waals surface area contributed by atoms with E-state index < -0.39 is 0 Å². The van der Waals surface area contributed by atoms with Crippen LogP contribution in [0.15, 0.2) is 30.3 Å². The van der Waals surface area contributed by atoms with E-state index in [-0.39, 0.29) is 11.3 Å². The highest BCUT2D eigenvalue weighted by Gasteiger charge is 2.33. The van der Waals surface area contributed by atoms with Crippen molar-refractivity contribution < 1.29 is 9.53 Å². The van der Waals surface area contributed by atoms with Gasteiger partial charge in [-0.25, -0.2) is 4.79 Å². The van der Waals surface area contributed by atoms with Crippen molar-refractivity contribution in [1.29, 1.82) is 0 Å². The van der Waals surface area contributed by atoms with Crippen LogP contribution in [0.4, 0.5) is 4.79 Å². The number of hydrogen-bond donors (Lipinski definition) is 1. The molecule has 5 heteroatoms. The molecule has 1 heterocycles. The molecule has 0 N–H and O–H groups in total. The molecule has 0 aliphatic carbocycles. The molecule has 1 fully saturated rings. The van der Waals surface area contributed by atoms with Crippen molar-refractivity contribution in [2.24, 2.45) is 5.92 Å². The van der Waals surface area contributed by atoms with Gasteiger partial charge in [0.05, 0.1) is 0 Å². The lowest BCUT2D eigenvalue weighted by Crippen LogP contribution is -2.29. The number of hydrogen-bond acceptors (Lipinski definition) is 3. The van der Waals surface area contributed by atoms with Crippen LogP contribution in [0.2, 0.25) is 0 Å². The van der Waals surface area contributed by atoms with E-state index in [0.717, 1.165) is 16.5 Å². The van der Waals surface area contributed by atoms with Crippen LogP contribution in [0.5, 0.6) is 0 Å². The minimum Gasteiger partial charge on any atom is -0.445 e. The smallest absolute Gasteiger partial charge is 0.410 e. The van der Waals surface area contributed by atoms with E-state index in [9.17, 15) is 4.79 Å². The molecule has 3 nitrogen and oxygen atoms in total. The summed E-state index contributed by atoms with van der Waals surface area (Å²) in [6.07, 6.45) is -0.231. The molecule has 1 saturated heterocycles. The first kappa shape index (κ1) is 14.0. The molecule has 0 bridgehead atoms. The molecule has 0 saturated carbocycles. The van der Waals surface area contributed by atoms with E-state index in [1.165, 1.54) is 0 Å². The molecular weight excluding hydrogens is 361 g/mol. The van der Waals surface area contributed by atoms with Crippen molar-refractivity contribution in [3.05, 3.63) is 35.9 Å². The Bertz CT molecular complexity index is 401. The first-order valence-electron chi connectivity index (χ1n) is 5.90. The average Bonchev–Trinajstić information content (AvgIpc) is 2.78. The zero-order valence-corrected chi connectivity index (χ0v) is 13.0. The van der Waals surface area contributed by atoms with Crippen molar-refractivity contribution in [3.63, 3.8) is 0 Å². The maximum absolute atomic E-state index is 11.9. The standard InChI is InChI=1S/C13H16INO2S/c14-6-11-7-15(8-12(11)18)13(16)17-9-10-4-2-1-3-5-10/h1-5,11-12,18H,6-9H2. The van der Waals surface area contributed by atoms with Crippen LogP contribution < -0.4 is 0 Å². The highest BCUT2D eigenvalue weighted by Crippen LogP contribution is 2.24. The Hall–Kier alpha value is -0.430. The number of benzene rings is 1. The van der Waals surface area contributed by atoms with Crippen LogP contribution in [-0.2, 0) is 11.3 Å². The Morgan fingerprint density at radius 3 is 2.72 bits per heavy atom. The van der Waals surface area contributed by atoms with Crippen molar-refractivity contribution in [2.75, 3.05) is 17.5 Å². The Kier molecular flexibility index (Phi) is 5.17. The Balaban J connectivity index is 1.82. The maximum Gasteiger partial charge on any atom is 0.410 e. The van der Waals surface area contributed by atoms with Crippen LogP contribution in [0.3, 0.4) is 0 Å². The Morgan fingerprint density at radius 1 is 1.39 bits per heavy atom. The molecule has 98 valence electrons. The number of amides is 1. The predicted octanol–water partition coefficient (Wildman–Crippen LogP) is 2.99. The number of ether oxygens (including phenoxy) is 1. The van der Waals surface area contributed by atoms with E-state index in [1.54, 1.807) is 4.90 Å². The zero-order chi connectivity index (χ0) is 13.0. The fourth-order valence-corrected chi connectivity index (χ4v) is 3.66. The quantitative estimate of drug-likeness (QED) is 0.499. The van der Waals surface area contributed by atoms with Gasteiger partial charge in [0.15, 0.2) is 0 Å². The fraction of sp³-hybridized carbons (Fsp3) is 0.462. The monoisotopic (exact) mass is 377 g/mol. The lowest BCUT2D eigenvalue weighted by atomic mass is 10.1. The highest BCUT2D eigenvalue weighted by molar-refractivity contribution is 14.1. The van der Waals surface area contributed by atoms with Gasteiger partial charge >= 0.3 is 6.09 Å². The number of rotatable bonds is 3. The molecule has 2 unspecified atom stereocenters. The Morgan fingerprint density at radius 2 is 2.11 bits per heavy atom. The molecule has 1 aliphatic heterocycles. The second kappa shape index (κ2) is 6.65. The summed E-state index contributed by atoms with van der Waals surface area (Å²) in [7, 11) is 0. The molecule has 0 radical (unpaired) electrons. The summed E-state index contributed by atoms with van der Waals surface area (Å²) >= 11 is 6.85. The van der Waals surface area contributed by atoms with Gasteiger partial charge < -0.3 is 9.64 Å². The van der Waals surface area contributed by atoms with E-state index in [1.807, 2.05) is 30.3 Å². The van der Waals surface area contributed by atoms with Crippen LogP contribution in [0.25, 0.3) is 0 Å². The number of thiol groups is 1. The van der Waals surface area contributed by atoms with Gasteiger partial charge in [-0.3, -0.25) is 0 Å². The van der Waals surface area contributed by atoms with Gasteiger partial charge in [0, 0.05) is 22.8 Å². The first-order valence-corrected chi connectivity index (χ1v) is 7.94. The third-order valence-electron chi connectivity index (χ3n) is 3.07. The van der Waals surface area contributed by atoms with E-state index in [4.69, 9.17) is 4.74 Å². The fourth-order valence-electron chi connectivity index (χ4n) is 1.97. The van der Waals surface area contributed by atoms with Gasteiger partial charge in [-0.1, -0.05) is 52.9 Å². The second-order valence-electron chi connectivity index (χ2n) is 4.43. The number of likely N-dealkylation sites (tertiary alicyclic amines) is 1. The minimum absolute atomic E-state index is 0.231. The third-order valence-corrected chi connectivity index (χ3v) is 4.78. The topological polar surface area (TPSA) is 29.5 Å². The molecule has 1 amide bonds. The van der Waals surface area contributed by atoms with Gasteiger partial charge in [-0.2, -0.15) is 12.6 Å². The summed E-state index contributed by atoms with van der Waals surface area (Å²) in [4.78, 5) is 13.6. The van der Waals surface area contributed by atoms with Crippen molar-refractivity contribution in [2.45, 2.75) is 11.9 Å². The lowest BCUT2D eigenvalue weighted by molar-refractivity contribution is 0.103. The number of nitrogens with zero attached hydrogens (tertiary/aromatic N) is 1. The molecule has 1 aromatic rings. The van der Waals surface area contributed by atoms with Crippen LogP contribution in [-0.4, -0.2) is 33.8 Å². The summed E-state index contributed by atoms with van der Waals surface area (Å²) in [6.45, 7) is 1.78. The van der Waals surface area contributed by atoms with E-state index in [2.05, 4.69) is 35.2 Å². The molecular formula is C13H16INO2S. The summed E-state index contributed by atoms with van der Waals surface area (Å²) in [6, 6.07) is 9.73. The van der Waals surface area contributed by atoms with E-state index in [0.29, 0.717) is 19.1 Å². The highest BCUT2D eigenvalue weighted by atomic mass is 127. The van der Waals surface area contributed by atoms with Gasteiger partial charge in [0.1, 0.15) is 6.61 Å². The third kappa shape index (κ3) is 3.54. The molecule has 1 aliphatic rings. The first-order chi connectivity index (χ1) is 8.70. The molecule has 18 heavy (non-hydrogen) atoms. The predicted molar refractivity (Wildman–Crippen MR) is 83.4 cm³/mol. The van der Waals surface area contributed by atoms with Crippen molar-refractivity contribution >= 4 is 41.3 Å². The summed E-state index contributed by atoms with van der Waals surface area (Å²) in [5.41, 5.74) is 1.01. The molecule has 2 rings (SSSR count).